The van der Waals surface area contributed by atoms with Gasteiger partial charge in [-0.1, -0.05) is 26.7 Å². The van der Waals surface area contributed by atoms with Gasteiger partial charge in [-0.25, -0.2) is 39.5 Å². The second-order valence-corrected chi connectivity index (χ2v) is 8.84. The summed E-state index contributed by atoms with van der Waals surface area (Å²) in [4.78, 5) is 0. The predicted molar refractivity (Wildman–Crippen MR) is 117 cm³/mol. The van der Waals surface area contributed by atoms with Crippen LogP contribution < -0.4 is 0 Å². The molecule has 194 valence electrons. The van der Waals surface area contributed by atoms with Crippen LogP contribution in [0.15, 0.2) is 36.4 Å². The van der Waals surface area contributed by atoms with Crippen molar-refractivity contribution in [3.05, 3.63) is 105 Å². The Balaban J connectivity index is 2.35. The minimum absolute atomic E-state index is 0.0409. The van der Waals surface area contributed by atoms with E-state index in [-0.39, 0.29) is 36.0 Å². The first kappa shape index (κ1) is 27.6. The van der Waals surface area contributed by atoms with Crippen molar-refractivity contribution in [2.45, 2.75) is 57.3 Å². The number of halogens is 9. The van der Waals surface area contributed by atoms with E-state index < -0.39 is 63.7 Å². The van der Waals surface area contributed by atoms with Gasteiger partial charge in [0.2, 0.25) is 0 Å². The maximum atomic E-state index is 14.3. The summed E-state index contributed by atoms with van der Waals surface area (Å²) in [5.74, 6) is -15.4. The molecule has 0 aromatic heterocycles. The average molecular weight is 518 g/mol. The molecule has 3 aromatic rings. The Morgan fingerprint density at radius 1 is 0.556 bits per heavy atom. The van der Waals surface area contributed by atoms with E-state index in [1.807, 2.05) is 0 Å². The van der Waals surface area contributed by atoms with Crippen molar-refractivity contribution in [3.8, 4) is 0 Å². The van der Waals surface area contributed by atoms with Gasteiger partial charge in [0, 0.05) is 5.41 Å². The van der Waals surface area contributed by atoms with Crippen molar-refractivity contribution in [1.82, 2.24) is 0 Å². The van der Waals surface area contributed by atoms with E-state index in [4.69, 9.17) is 0 Å². The van der Waals surface area contributed by atoms with E-state index in [2.05, 4.69) is 0 Å². The Morgan fingerprint density at radius 2 is 0.917 bits per heavy atom. The molecule has 1 unspecified atom stereocenters. The zero-order valence-corrected chi connectivity index (χ0v) is 19.5. The van der Waals surface area contributed by atoms with Crippen molar-refractivity contribution < 1.29 is 39.5 Å². The fourth-order valence-electron chi connectivity index (χ4n) is 5.07. The van der Waals surface area contributed by atoms with Crippen LogP contribution in [-0.4, -0.2) is 0 Å². The molecular weight excluding hydrogens is 495 g/mol. The fourth-order valence-corrected chi connectivity index (χ4v) is 5.07. The summed E-state index contributed by atoms with van der Waals surface area (Å²) in [6.07, 6.45) is 0.718. The van der Waals surface area contributed by atoms with E-state index in [0.717, 1.165) is 12.1 Å². The molecule has 3 rings (SSSR count). The monoisotopic (exact) mass is 518 g/mol. The fraction of sp³-hybridized carbons (Fsp3) is 0.333. The highest BCUT2D eigenvalue weighted by molar-refractivity contribution is 5.38. The number of rotatable bonds is 9. The zero-order chi connectivity index (χ0) is 26.8. The topological polar surface area (TPSA) is 0 Å². The molecular formula is C27H23F9. The molecule has 0 bridgehead atoms. The standard InChI is InChI=1S/C27H23F9/c1-3-5-27(6-4-2,16-12-22(32)26(36)23(33)13-16)17(15-10-20(30)25(35)21(31)11-15)7-14-8-18(28)24(34)19(29)9-14/h8-13,17H,3-7H2,1-2H3. The average Bonchev–Trinajstić information content (AvgIpc) is 2.82. The van der Waals surface area contributed by atoms with Crippen molar-refractivity contribution in [2.75, 3.05) is 0 Å². The lowest BCUT2D eigenvalue weighted by Crippen LogP contribution is -2.36. The predicted octanol–water partition coefficient (Wildman–Crippen LogP) is 8.80. The van der Waals surface area contributed by atoms with Gasteiger partial charge in [0.05, 0.1) is 0 Å². The third-order valence-corrected chi connectivity index (χ3v) is 6.51. The largest absolute Gasteiger partial charge is 0.204 e. The lowest BCUT2D eigenvalue weighted by Gasteiger charge is -2.42. The second kappa shape index (κ2) is 11.0. The molecule has 0 fully saturated rings. The second-order valence-electron chi connectivity index (χ2n) is 8.84. The molecule has 1 atom stereocenters. The lowest BCUT2D eigenvalue weighted by atomic mass is 9.61. The molecule has 36 heavy (non-hydrogen) atoms. The zero-order valence-electron chi connectivity index (χ0n) is 19.5. The van der Waals surface area contributed by atoms with Gasteiger partial charge in [-0.15, -0.1) is 0 Å². The summed E-state index contributed by atoms with van der Waals surface area (Å²) >= 11 is 0. The molecule has 0 aliphatic rings. The smallest absolute Gasteiger partial charge is 0.194 e. The minimum atomic E-state index is -1.74. The Hall–Kier alpha value is -2.97. The molecule has 0 radical (unpaired) electrons. The van der Waals surface area contributed by atoms with Gasteiger partial charge in [-0.3, -0.25) is 0 Å². The number of benzene rings is 3. The summed E-state index contributed by atoms with van der Waals surface area (Å²) in [6.45, 7) is 3.47. The molecule has 0 N–H and O–H groups in total. The molecule has 0 saturated heterocycles. The number of hydrogen-bond acceptors (Lipinski definition) is 0. The van der Waals surface area contributed by atoms with E-state index >= 15 is 0 Å². The van der Waals surface area contributed by atoms with E-state index in [1.165, 1.54) is 0 Å². The summed E-state index contributed by atoms with van der Waals surface area (Å²) in [5, 5.41) is 0. The molecule has 0 aliphatic heterocycles. The van der Waals surface area contributed by atoms with Crippen molar-refractivity contribution in [1.29, 1.82) is 0 Å². The van der Waals surface area contributed by atoms with Crippen LogP contribution in [0.3, 0.4) is 0 Å². The van der Waals surface area contributed by atoms with Gasteiger partial charge in [-0.05, 0) is 78.3 Å². The quantitative estimate of drug-likeness (QED) is 0.196. The van der Waals surface area contributed by atoms with Crippen LogP contribution >= 0.6 is 0 Å². The molecule has 0 saturated carbocycles. The van der Waals surface area contributed by atoms with Gasteiger partial charge >= 0.3 is 0 Å². The van der Waals surface area contributed by atoms with Gasteiger partial charge in [0.15, 0.2) is 52.4 Å². The third-order valence-electron chi connectivity index (χ3n) is 6.51. The van der Waals surface area contributed by atoms with Crippen LogP contribution in [0.1, 0.15) is 62.1 Å². The Kier molecular flexibility index (Phi) is 8.41. The van der Waals surface area contributed by atoms with Crippen LogP contribution in [0.2, 0.25) is 0 Å². The van der Waals surface area contributed by atoms with Gasteiger partial charge in [0.25, 0.3) is 0 Å². The van der Waals surface area contributed by atoms with Gasteiger partial charge in [-0.2, -0.15) is 0 Å². The summed E-state index contributed by atoms with van der Waals surface area (Å²) in [7, 11) is 0. The highest BCUT2D eigenvalue weighted by atomic mass is 19.2. The Labute approximate surface area is 202 Å². The summed E-state index contributed by atoms with van der Waals surface area (Å²) < 4.78 is 127. The highest BCUT2D eigenvalue weighted by Crippen LogP contribution is 2.49. The SMILES string of the molecule is CCCC(CCC)(c1cc(F)c(F)c(F)c1)C(Cc1cc(F)c(F)c(F)c1)c1cc(F)c(F)c(F)c1. The maximum Gasteiger partial charge on any atom is 0.194 e. The molecule has 0 aliphatic carbocycles. The molecule has 0 heterocycles. The minimum Gasteiger partial charge on any atom is -0.204 e. The first-order valence-electron chi connectivity index (χ1n) is 11.4. The summed E-state index contributed by atoms with van der Waals surface area (Å²) in [6, 6.07) is 4.37. The van der Waals surface area contributed by atoms with E-state index in [9.17, 15) is 39.5 Å². The molecule has 0 spiro atoms. The van der Waals surface area contributed by atoms with Gasteiger partial charge < -0.3 is 0 Å². The van der Waals surface area contributed by atoms with Crippen LogP contribution in [0.4, 0.5) is 39.5 Å². The third kappa shape index (κ3) is 5.25. The van der Waals surface area contributed by atoms with Crippen molar-refractivity contribution in [3.63, 3.8) is 0 Å². The first-order chi connectivity index (χ1) is 16.9. The molecule has 0 nitrogen and oxygen atoms in total. The normalized spacial score (nSPS) is 12.8. The van der Waals surface area contributed by atoms with Crippen LogP contribution in [0, 0.1) is 52.4 Å². The first-order valence-corrected chi connectivity index (χ1v) is 11.4. The summed E-state index contributed by atoms with van der Waals surface area (Å²) in [5.41, 5.74) is -1.64. The maximum absolute atomic E-state index is 14.3. The van der Waals surface area contributed by atoms with Crippen LogP contribution in [0.5, 0.6) is 0 Å². The highest BCUT2D eigenvalue weighted by Gasteiger charge is 2.42. The molecule has 0 amide bonds. The number of hydrogen-bond donors (Lipinski definition) is 0. The Bertz CT molecular complexity index is 1180. The van der Waals surface area contributed by atoms with E-state index in [1.54, 1.807) is 13.8 Å². The van der Waals surface area contributed by atoms with Crippen LogP contribution in [-0.2, 0) is 11.8 Å². The van der Waals surface area contributed by atoms with Crippen molar-refractivity contribution in [2.24, 2.45) is 0 Å². The molecule has 3 aromatic carbocycles. The lowest BCUT2D eigenvalue weighted by molar-refractivity contribution is 0.279. The molecule has 9 heteroatoms. The van der Waals surface area contributed by atoms with Crippen LogP contribution in [0.25, 0.3) is 0 Å². The van der Waals surface area contributed by atoms with Gasteiger partial charge in [0.1, 0.15) is 0 Å². The van der Waals surface area contributed by atoms with Crippen molar-refractivity contribution >= 4 is 0 Å². The van der Waals surface area contributed by atoms with E-state index in [0.29, 0.717) is 37.1 Å². The Morgan fingerprint density at radius 3 is 1.31 bits per heavy atom.